The van der Waals surface area contributed by atoms with Crippen molar-refractivity contribution < 1.29 is 0 Å². The molecule has 0 aromatic rings. The summed E-state index contributed by atoms with van der Waals surface area (Å²) in [5.74, 6) is 0. The average molecular weight is 163 g/mol. The molecular formula is C11H17N. The molecule has 1 aliphatic rings. The Morgan fingerprint density at radius 3 is 2.83 bits per heavy atom. The Kier molecular flexibility index (Phi) is 3.15. The van der Waals surface area contributed by atoms with Crippen molar-refractivity contribution in [1.29, 1.82) is 0 Å². The summed E-state index contributed by atoms with van der Waals surface area (Å²) in [6, 6.07) is 0. The van der Waals surface area contributed by atoms with E-state index < -0.39 is 0 Å². The molecule has 0 radical (unpaired) electrons. The normalized spacial score (nSPS) is 19.0. The van der Waals surface area contributed by atoms with Crippen molar-refractivity contribution in [1.82, 2.24) is 4.90 Å². The maximum atomic E-state index is 3.83. The summed E-state index contributed by atoms with van der Waals surface area (Å²) in [7, 11) is 2.12. The van der Waals surface area contributed by atoms with Gasteiger partial charge in [0, 0.05) is 19.3 Å². The van der Waals surface area contributed by atoms with Crippen molar-refractivity contribution in [3.05, 3.63) is 36.1 Å². The molecule has 0 unspecified atom stereocenters. The third kappa shape index (κ3) is 1.79. The summed E-state index contributed by atoms with van der Waals surface area (Å²) in [6.07, 6.45) is 8.68. The van der Waals surface area contributed by atoms with Gasteiger partial charge in [-0.2, -0.15) is 0 Å². The predicted octanol–water partition coefficient (Wildman–Crippen LogP) is 2.73. The Bertz CT molecular complexity index is 223. The van der Waals surface area contributed by atoms with E-state index in [1.807, 2.05) is 6.08 Å². The lowest BCUT2D eigenvalue weighted by atomic mass is 10.0. The van der Waals surface area contributed by atoms with Gasteiger partial charge in [0.2, 0.25) is 0 Å². The van der Waals surface area contributed by atoms with Gasteiger partial charge in [-0.1, -0.05) is 18.7 Å². The van der Waals surface area contributed by atoms with Crippen molar-refractivity contribution in [2.75, 3.05) is 13.6 Å². The first-order chi connectivity index (χ1) is 5.79. The van der Waals surface area contributed by atoms with E-state index in [9.17, 15) is 0 Å². The largest absolute Gasteiger partial charge is 0.374 e. The van der Waals surface area contributed by atoms with Gasteiger partial charge in [0.1, 0.15) is 0 Å². The Balaban J connectivity index is 2.93. The maximum absolute atomic E-state index is 3.83. The quantitative estimate of drug-likeness (QED) is 0.605. The van der Waals surface area contributed by atoms with E-state index in [4.69, 9.17) is 0 Å². The van der Waals surface area contributed by atoms with Crippen molar-refractivity contribution in [3.8, 4) is 0 Å². The molecule has 12 heavy (non-hydrogen) atoms. The third-order valence-corrected chi connectivity index (χ3v) is 2.24. The molecular weight excluding hydrogens is 146 g/mol. The zero-order valence-corrected chi connectivity index (χ0v) is 8.01. The van der Waals surface area contributed by atoms with Crippen molar-refractivity contribution in [2.24, 2.45) is 0 Å². The van der Waals surface area contributed by atoms with Crippen LogP contribution < -0.4 is 0 Å². The number of likely N-dealkylation sites (N-methyl/N-ethyl adjacent to an activating group) is 1. The summed E-state index contributed by atoms with van der Waals surface area (Å²) >= 11 is 0. The smallest absolute Gasteiger partial charge is 0.0390 e. The van der Waals surface area contributed by atoms with Gasteiger partial charge in [0.15, 0.2) is 0 Å². The highest BCUT2D eigenvalue weighted by Gasteiger charge is 2.11. The van der Waals surface area contributed by atoms with E-state index in [-0.39, 0.29) is 0 Å². The lowest BCUT2D eigenvalue weighted by Crippen LogP contribution is -2.23. The molecule has 0 aromatic heterocycles. The van der Waals surface area contributed by atoms with E-state index in [2.05, 4.69) is 37.6 Å². The van der Waals surface area contributed by atoms with E-state index in [1.165, 1.54) is 24.1 Å². The molecule has 0 spiro atoms. The lowest BCUT2D eigenvalue weighted by Gasteiger charge is -2.27. The first kappa shape index (κ1) is 9.11. The van der Waals surface area contributed by atoms with Crippen molar-refractivity contribution in [3.63, 3.8) is 0 Å². The fourth-order valence-electron chi connectivity index (χ4n) is 1.66. The molecule has 1 aliphatic heterocycles. The van der Waals surface area contributed by atoms with Crippen molar-refractivity contribution in [2.45, 2.75) is 19.8 Å². The van der Waals surface area contributed by atoms with Gasteiger partial charge < -0.3 is 4.90 Å². The van der Waals surface area contributed by atoms with Crippen LogP contribution in [0.4, 0.5) is 0 Å². The molecule has 0 atom stereocenters. The van der Waals surface area contributed by atoms with Gasteiger partial charge in [-0.05, 0) is 31.4 Å². The zero-order valence-electron chi connectivity index (χ0n) is 8.01. The summed E-state index contributed by atoms with van der Waals surface area (Å²) in [5.41, 5.74) is 2.71. The first-order valence-corrected chi connectivity index (χ1v) is 4.49. The van der Waals surface area contributed by atoms with Gasteiger partial charge in [-0.25, -0.2) is 0 Å². The molecule has 0 fully saturated rings. The second kappa shape index (κ2) is 4.15. The van der Waals surface area contributed by atoms with Crippen LogP contribution in [0.15, 0.2) is 36.1 Å². The van der Waals surface area contributed by atoms with E-state index in [1.54, 1.807) is 0 Å². The fraction of sp³-hybridized carbons (Fsp3) is 0.455. The van der Waals surface area contributed by atoms with Gasteiger partial charge in [0.25, 0.3) is 0 Å². The van der Waals surface area contributed by atoms with E-state index >= 15 is 0 Å². The molecule has 66 valence electrons. The summed E-state index contributed by atoms with van der Waals surface area (Å²) in [4.78, 5) is 2.27. The number of hydrogen-bond donors (Lipinski definition) is 0. The molecule has 0 saturated carbocycles. The second-order valence-electron chi connectivity index (χ2n) is 3.14. The molecule has 1 nitrogen and oxygen atoms in total. The molecule has 1 heteroatoms. The van der Waals surface area contributed by atoms with Crippen LogP contribution in [-0.2, 0) is 0 Å². The molecule has 0 aromatic carbocycles. The Morgan fingerprint density at radius 1 is 1.50 bits per heavy atom. The molecule has 0 N–H and O–H groups in total. The Labute approximate surface area is 75.1 Å². The van der Waals surface area contributed by atoms with E-state index in [0.29, 0.717) is 0 Å². The molecule has 0 bridgehead atoms. The topological polar surface area (TPSA) is 3.24 Å². The monoisotopic (exact) mass is 163 g/mol. The molecule has 0 aliphatic carbocycles. The summed E-state index contributed by atoms with van der Waals surface area (Å²) in [5, 5.41) is 0. The highest BCUT2D eigenvalue weighted by molar-refractivity contribution is 5.32. The van der Waals surface area contributed by atoms with Crippen LogP contribution in [0.5, 0.6) is 0 Å². The predicted molar refractivity (Wildman–Crippen MR) is 53.9 cm³/mol. The molecule has 1 heterocycles. The molecule has 0 saturated heterocycles. The minimum atomic E-state index is 1.16. The van der Waals surface area contributed by atoms with E-state index in [0.717, 1.165) is 6.54 Å². The SMILES string of the molecule is C=CC1=C(/C=C\C)CCCN1C. The number of rotatable bonds is 2. The Morgan fingerprint density at radius 2 is 2.25 bits per heavy atom. The summed E-state index contributed by atoms with van der Waals surface area (Å²) in [6.45, 7) is 7.05. The fourth-order valence-corrected chi connectivity index (χ4v) is 1.66. The van der Waals surface area contributed by atoms with Crippen LogP contribution in [0.2, 0.25) is 0 Å². The summed E-state index contributed by atoms with van der Waals surface area (Å²) < 4.78 is 0. The number of allylic oxidation sites excluding steroid dienone is 4. The standard InChI is InChI=1S/C11H17N/c1-4-7-10-8-6-9-12(3)11(10)5-2/h4-5,7H,2,6,8-9H2,1,3H3/b7-4-. The number of hydrogen-bond acceptors (Lipinski definition) is 1. The van der Waals surface area contributed by atoms with Crippen LogP contribution in [0.1, 0.15) is 19.8 Å². The van der Waals surface area contributed by atoms with Gasteiger partial charge in [-0.15, -0.1) is 0 Å². The number of nitrogens with zero attached hydrogens (tertiary/aromatic N) is 1. The van der Waals surface area contributed by atoms with Gasteiger partial charge >= 0.3 is 0 Å². The minimum Gasteiger partial charge on any atom is -0.374 e. The molecule has 1 rings (SSSR count). The third-order valence-electron chi connectivity index (χ3n) is 2.24. The van der Waals surface area contributed by atoms with Crippen LogP contribution in [0.3, 0.4) is 0 Å². The lowest BCUT2D eigenvalue weighted by molar-refractivity contribution is 0.394. The average Bonchev–Trinajstić information content (AvgIpc) is 2.05. The maximum Gasteiger partial charge on any atom is 0.0390 e. The first-order valence-electron chi connectivity index (χ1n) is 4.49. The molecule has 0 amide bonds. The minimum absolute atomic E-state index is 1.16. The highest BCUT2D eigenvalue weighted by atomic mass is 15.1. The Hall–Kier alpha value is -0.980. The van der Waals surface area contributed by atoms with Crippen LogP contribution in [0.25, 0.3) is 0 Å². The van der Waals surface area contributed by atoms with Crippen molar-refractivity contribution >= 4 is 0 Å². The van der Waals surface area contributed by atoms with Crippen LogP contribution >= 0.6 is 0 Å². The highest BCUT2D eigenvalue weighted by Crippen LogP contribution is 2.22. The second-order valence-corrected chi connectivity index (χ2v) is 3.14. The van der Waals surface area contributed by atoms with Crippen LogP contribution in [0, 0.1) is 0 Å². The zero-order chi connectivity index (χ0) is 8.97. The van der Waals surface area contributed by atoms with Crippen LogP contribution in [-0.4, -0.2) is 18.5 Å². The van der Waals surface area contributed by atoms with Gasteiger partial charge in [0.05, 0.1) is 0 Å². The van der Waals surface area contributed by atoms with Gasteiger partial charge in [-0.3, -0.25) is 0 Å².